The molecule has 132 valence electrons. The number of carbonyl (C=O) groups excluding carboxylic acids is 1. The highest BCUT2D eigenvalue weighted by molar-refractivity contribution is 6.36. The van der Waals surface area contributed by atoms with Crippen molar-refractivity contribution >= 4 is 40.7 Å². The van der Waals surface area contributed by atoms with Gasteiger partial charge in [0, 0.05) is 52.7 Å². The summed E-state index contributed by atoms with van der Waals surface area (Å²) in [6, 6.07) is 5.34. The third kappa shape index (κ3) is 3.96. The molecule has 0 atom stereocenters. The zero-order chi connectivity index (χ0) is 18.0. The Labute approximate surface area is 157 Å². The smallest absolute Gasteiger partial charge is 0.255 e. The Morgan fingerprint density at radius 2 is 1.80 bits per heavy atom. The van der Waals surface area contributed by atoms with Gasteiger partial charge in [0.1, 0.15) is 11.6 Å². The number of pyridine rings is 2. The van der Waals surface area contributed by atoms with Crippen molar-refractivity contribution in [2.75, 3.05) is 50.1 Å². The predicted molar refractivity (Wildman–Crippen MR) is 101 cm³/mol. The van der Waals surface area contributed by atoms with Gasteiger partial charge < -0.3 is 14.7 Å². The first-order chi connectivity index (χ1) is 12.0. The van der Waals surface area contributed by atoms with Crippen LogP contribution in [0.15, 0.2) is 30.6 Å². The summed E-state index contributed by atoms with van der Waals surface area (Å²) in [5.41, 5.74) is 0.599. The van der Waals surface area contributed by atoms with Gasteiger partial charge in [-0.3, -0.25) is 4.79 Å². The highest BCUT2D eigenvalue weighted by atomic mass is 35.5. The van der Waals surface area contributed by atoms with Crippen molar-refractivity contribution in [2.45, 2.75) is 0 Å². The molecule has 1 aliphatic heterocycles. The molecule has 3 heterocycles. The number of hydrogen-bond acceptors (Lipinski definition) is 5. The minimum atomic E-state index is -0.00683. The van der Waals surface area contributed by atoms with Gasteiger partial charge in [-0.2, -0.15) is 0 Å². The van der Waals surface area contributed by atoms with Gasteiger partial charge in [0.2, 0.25) is 0 Å². The summed E-state index contributed by atoms with van der Waals surface area (Å²) in [6.45, 7) is 2.55. The van der Waals surface area contributed by atoms with Crippen LogP contribution in [-0.4, -0.2) is 61.0 Å². The summed E-state index contributed by atoms with van der Waals surface area (Å²) in [7, 11) is 3.83. The van der Waals surface area contributed by atoms with Gasteiger partial charge in [-0.1, -0.05) is 23.2 Å². The van der Waals surface area contributed by atoms with Crippen LogP contribution < -0.4 is 9.80 Å². The van der Waals surface area contributed by atoms with E-state index in [1.54, 1.807) is 18.5 Å². The number of anilines is 2. The lowest BCUT2D eigenvalue weighted by atomic mass is 10.2. The maximum atomic E-state index is 12.6. The fraction of sp³-hybridized carbons (Fsp3) is 0.353. The summed E-state index contributed by atoms with van der Waals surface area (Å²) < 4.78 is 0. The summed E-state index contributed by atoms with van der Waals surface area (Å²) in [6.07, 6.45) is 3.21. The fourth-order valence-corrected chi connectivity index (χ4v) is 3.22. The zero-order valence-electron chi connectivity index (χ0n) is 14.1. The lowest BCUT2D eigenvalue weighted by molar-refractivity contribution is 0.0746. The number of carbonyl (C=O) groups is 1. The highest BCUT2D eigenvalue weighted by Crippen LogP contribution is 2.27. The molecule has 0 bridgehead atoms. The van der Waals surface area contributed by atoms with Crippen LogP contribution >= 0.6 is 23.2 Å². The lowest BCUT2D eigenvalue weighted by Gasteiger charge is -2.35. The molecule has 1 saturated heterocycles. The van der Waals surface area contributed by atoms with Crippen molar-refractivity contribution in [3.63, 3.8) is 0 Å². The zero-order valence-corrected chi connectivity index (χ0v) is 15.6. The summed E-state index contributed by atoms with van der Waals surface area (Å²) in [5, 5.41) is 1.03. The molecule has 0 saturated carbocycles. The third-order valence-electron chi connectivity index (χ3n) is 4.11. The molecule has 0 unspecified atom stereocenters. The molecular formula is C17H19Cl2N5O. The van der Waals surface area contributed by atoms with Gasteiger partial charge in [-0.05, 0) is 18.2 Å². The van der Waals surface area contributed by atoms with Crippen LogP contribution in [0.4, 0.5) is 11.6 Å². The molecule has 1 aliphatic rings. The minimum Gasteiger partial charge on any atom is -0.363 e. The van der Waals surface area contributed by atoms with E-state index in [2.05, 4.69) is 14.9 Å². The van der Waals surface area contributed by atoms with Crippen molar-refractivity contribution in [1.82, 2.24) is 14.9 Å². The minimum absolute atomic E-state index is 0.00683. The number of rotatable bonds is 3. The first-order valence-corrected chi connectivity index (χ1v) is 8.70. The quantitative estimate of drug-likeness (QED) is 0.820. The van der Waals surface area contributed by atoms with Crippen molar-refractivity contribution < 1.29 is 4.79 Å². The Morgan fingerprint density at radius 3 is 2.36 bits per heavy atom. The molecule has 0 N–H and O–H groups in total. The Morgan fingerprint density at radius 1 is 1.08 bits per heavy atom. The van der Waals surface area contributed by atoms with E-state index in [-0.39, 0.29) is 5.91 Å². The second kappa shape index (κ2) is 7.45. The number of halogens is 2. The molecule has 0 aromatic carbocycles. The third-order valence-corrected chi connectivity index (χ3v) is 4.59. The molecule has 1 amide bonds. The molecule has 6 nitrogen and oxygen atoms in total. The maximum Gasteiger partial charge on any atom is 0.255 e. The second-order valence-electron chi connectivity index (χ2n) is 6.04. The van der Waals surface area contributed by atoms with Crippen LogP contribution in [0, 0.1) is 0 Å². The van der Waals surface area contributed by atoms with Crippen LogP contribution in [-0.2, 0) is 0 Å². The number of amides is 1. The van der Waals surface area contributed by atoms with E-state index in [0.717, 1.165) is 5.82 Å². The van der Waals surface area contributed by atoms with Crippen molar-refractivity contribution in [1.29, 1.82) is 0 Å². The highest BCUT2D eigenvalue weighted by Gasteiger charge is 2.24. The Hall–Kier alpha value is -2.05. The van der Waals surface area contributed by atoms with E-state index in [0.29, 0.717) is 47.6 Å². The average molecular weight is 380 g/mol. The molecule has 2 aromatic heterocycles. The number of aromatic nitrogens is 2. The largest absolute Gasteiger partial charge is 0.363 e. The van der Waals surface area contributed by atoms with Crippen LogP contribution in [0.3, 0.4) is 0 Å². The molecule has 0 aliphatic carbocycles. The van der Waals surface area contributed by atoms with Gasteiger partial charge in [0.05, 0.1) is 15.6 Å². The molecule has 1 fully saturated rings. The normalized spacial score (nSPS) is 14.6. The van der Waals surface area contributed by atoms with E-state index in [4.69, 9.17) is 23.2 Å². The lowest BCUT2D eigenvalue weighted by Crippen LogP contribution is -2.49. The first kappa shape index (κ1) is 17.8. The van der Waals surface area contributed by atoms with Gasteiger partial charge in [-0.25, -0.2) is 9.97 Å². The molecule has 8 heteroatoms. The maximum absolute atomic E-state index is 12.6. The number of hydrogen-bond donors (Lipinski definition) is 0. The van der Waals surface area contributed by atoms with Crippen LogP contribution in [0.2, 0.25) is 10.0 Å². The van der Waals surface area contributed by atoms with E-state index in [1.165, 1.54) is 0 Å². The van der Waals surface area contributed by atoms with E-state index >= 15 is 0 Å². The monoisotopic (exact) mass is 379 g/mol. The van der Waals surface area contributed by atoms with Crippen LogP contribution in [0.1, 0.15) is 10.4 Å². The average Bonchev–Trinajstić information content (AvgIpc) is 2.61. The molecular weight excluding hydrogens is 361 g/mol. The Balaban J connectivity index is 1.64. The van der Waals surface area contributed by atoms with Gasteiger partial charge in [-0.15, -0.1) is 0 Å². The van der Waals surface area contributed by atoms with Gasteiger partial charge in [0.25, 0.3) is 5.91 Å². The van der Waals surface area contributed by atoms with Crippen molar-refractivity contribution in [3.05, 3.63) is 46.2 Å². The van der Waals surface area contributed by atoms with Crippen LogP contribution in [0.5, 0.6) is 0 Å². The summed E-state index contributed by atoms with van der Waals surface area (Å²) in [4.78, 5) is 27.0. The summed E-state index contributed by atoms with van der Waals surface area (Å²) in [5.74, 6) is 1.52. The predicted octanol–water partition coefficient (Wildman–Crippen LogP) is 2.81. The van der Waals surface area contributed by atoms with Crippen molar-refractivity contribution in [3.8, 4) is 0 Å². The Kier molecular flexibility index (Phi) is 5.30. The number of nitrogens with zero attached hydrogens (tertiary/aromatic N) is 5. The van der Waals surface area contributed by atoms with Gasteiger partial charge >= 0.3 is 0 Å². The SMILES string of the molecule is CN(C)c1ccc(C(=O)N2CCN(c3ncc(Cl)cc3Cl)CC2)cn1. The molecule has 2 aromatic rings. The number of piperazine rings is 1. The molecule has 0 spiro atoms. The fourth-order valence-electron chi connectivity index (χ4n) is 2.72. The van der Waals surface area contributed by atoms with E-state index in [1.807, 2.05) is 36.0 Å². The first-order valence-electron chi connectivity index (χ1n) is 7.94. The van der Waals surface area contributed by atoms with E-state index < -0.39 is 0 Å². The van der Waals surface area contributed by atoms with Gasteiger partial charge in [0.15, 0.2) is 0 Å². The van der Waals surface area contributed by atoms with Crippen LogP contribution in [0.25, 0.3) is 0 Å². The molecule has 25 heavy (non-hydrogen) atoms. The second-order valence-corrected chi connectivity index (χ2v) is 6.88. The van der Waals surface area contributed by atoms with Crippen molar-refractivity contribution in [2.24, 2.45) is 0 Å². The molecule has 3 rings (SSSR count). The summed E-state index contributed by atoms with van der Waals surface area (Å²) >= 11 is 12.1. The van der Waals surface area contributed by atoms with E-state index in [9.17, 15) is 4.79 Å². The molecule has 0 radical (unpaired) electrons. The Bertz CT molecular complexity index is 758. The standard InChI is InChI=1S/C17H19Cl2N5O/c1-22(2)15-4-3-12(10-20-15)17(25)24-7-5-23(6-8-24)16-14(19)9-13(18)11-21-16/h3-4,9-11H,5-8H2,1-2H3. The topological polar surface area (TPSA) is 52.6 Å².